The smallest absolute Gasteiger partial charge is 0.338 e. The van der Waals surface area contributed by atoms with Crippen LogP contribution in [0.5, 0.6) is 0 Å². The molecule has 0 unspecified atom stereocenters. The van der Waals surface area contributed by atoms with Crippen LogP contribution in [0.1, 0.15) is 10.4 Å². The molecule has 0 aliphatic rings. The SMILES string of the molecule is CSc1nc(N)c2ncn(CCOC(=O)c3ccccc3)c2n1. The van der Waals surface area contributed by atoms with E-state index in [-0.39, 0.29) is 12.6 Å². The summed E-state index contributed by atoms with van der Waals surface area (Å²) in [5.41, 5.74) is 7.59. The van der Waals surface area contributed by atoms with Crippen molar-refractivity contribution in [1.82, 2.24) is 19.5 Å². The lowest BCUT2D eigenvalue weighted by atomic mass is 10.2. The first-order valence-electron chi connectivity index (χ1n) is 6.93. The van der Waals surface area contributed by atoms with Crippen LogP contribution >= 0.6 is 11.8 Å². The molecule has 0 atom stereocenters. The molecule has 1 aromatic carbocycles. The third-order valence-corrected chi connectivity index (χ3v) is 3.78. The van der Waals surface area contributed by atoms with Crippen molar-refractivity contribution in [3.63, 3.8) is 0 Å². The average Bonchev–Trinajstić information content (AvgIpc) is 2.99. The van der Waals surface area contributed by atoms with E-state index in [0.717, 1.165) is 0 Å². The van der Waals surface area contributed by atoms with Crippen LogP contribution in [0.3, 0.4) is 0 Å². The van der Waals surface area contributed by atoms with Crippen molar-refractivity contribution in [2.45, 2.75) is 11.7 Å². The molecular weight excluding hydrogens is 314 g/mol. The van der Waals surface area contributed by atoms with Crippen molar-refractivity contribution in [2.75, 3.05) is 18.6 Å². The first kappa shape index (κ1) is 15.3. The summed E-state index contributed by atoms with van der Waals surface area (Å²) in [6.07, 6.45) is 3.50. The van der Waals surface area contributed by atoms with Crippen LogP contribution in [0, 0.1) is 0 Å². The van der Waals surface area contributed by atoms with Crippen molar-refractivity contribution in [2.24, 2.45) is 0 Å². The van der Waals surface area contributed by atoms with Crippen molar-refractivity contribution in [3.05, 3.63) is 42.2 Å². The Labute approximate surface area is 136 Å². The van der Waals surface area contributed by atoms with E-state index in [1.807, 2.05) is 12.3 Å². The molecule has 8 heteroatoms. The molecule has 0 aliphatic carbocycles. The van der Waals surface area contributed by atoms with E-state index in [4.69, 9.17) is 10.5 Å². The van der Waals surface area contributed by atoms with Gasteiger partial charge in [-0.25, -0.2) is 19.7 Å². The zero-order valence-electron chi connectivity index (χ0n) is 12.5. The molecule has 3 aromatic rings. The van der Waals surface area contributed by atoms with E-state index in [2.05, 4.69) is 15.0 Å². The number of fused-ring (bicyclic) bond motifs is 1. The first-order chi connectivity index (χ1) is 11.2. The molecule has 7 nitrogen and oxygen atoms in total. The number of aromatic nitrogens is 4. The molecule has 3 rings (SSSR count). The van der Waals surface area contributed by atoms with Crippen molar-refractivity contribution in [1.29, 1.82) is 0 Å². The predicted molar refractivity (Wildman–Crippen MR) is 88.2 cm³/mol. The van der Waals surface area contributed by atoms with Gasteiger partial charge in [-0.2, -0.15) is 0 Å². The largest absolute Gasteiger partial charge is 0.460 e. The molecule has 2 N–H and O–H groups in total. The number of thioether (sulfide) groups is 1. The molecule has 2 heterocycles. The molecule has 118 valence electrons. The fraction of sp³-hybridized carbons (Fsp3) is 0.200. The second-order valence-electron chi connectivity index (χ2n) is 4.71. The minimum atomic E-state index is -0.353. The molecule has 2 aromatic heterocycles. The Morgan fingerprint density at radius 2 is 2.09 bits per heavy atom. The number of benzene rings is 1. The van der Waals surface area contributed by atoms with Crippen molar-refractivity contribution >= 4 is 34.7 Å². The number of carbonyl (C=O) groups is 1. The fourth-order valence-electron chi connectivity index (χ4n) is 2.09. The molecule has 0 bridgehead atoms. The van der Waals surface area contributed by atoms with Gasteiger partial charge in [0.2, 0.25) is 0 Å². The van der Waals surface area contributed by atoms with Crippen LogP contribution in [-0.4, -0.2) is 38.4 Å². The molecule has 0 aliphatic heterocycles. The Morgan fingerprint density at radius 1 is 1.30 bits per heavy atom. The summed E-state index contributed by atoms with van der Waals surface area (Å²) >= 11 is 1.41. The van der Waals surface area contributed by atoms with Gasteiger partial charge in [0.25, 0.3) is 0 Å². The van der Waals surface area contributed by atoms with Crippen LogP contribution in [0.25, 0.3) is 11.2 Å². The molecular formula is C15H15N5O2S. The van der Waals surface area contributed by atoms with Crippen molar-refractivity contribution in [3.8, 4) is 0 Å². The zero-order chi connectivity index (χ0) is 16.2. The van der Waals surface area contributed by atoms with Gasteiger partial charge < -0.3 is 15.0 Å². The standard InChI is InChI=1S/C15H15N5O2S/c1-23-15-18-12(16)11-13(19-15)20(9-17-11)7-8-22-14(21)10-5-3-2-4-6-10/h2-6,9H,7-8H2,1H3,(H2,16,18,19). The van der Waals surface area contributed by atoms with Crippen LogP contribution in [0.15, 0.2) is 41.8 Å². The van der Waals surface area contributed by atoms with Crippen molar-refractivity contribution < 1.29 is 9.53 Å². The van der Waals surface area contributed by atoms with E-state index in [0.29, 0.717) is 34.2 Å². The van der Waals surface area contributed by atoms with Gasteiger partial charge in [0.05, 0.1) is 18.4 Å². The van der Waals surface area contributed by atoms with E-state index < -0.39 is 0 Å². The summed E-state index contributed by atoms with van der Waals surface area (Å²) in [5.74, 6) is -0.00616. The number of esters is 1. The summed E-state index contributed by atoms with van der Waals surface area (Å²) in [7, 11) is 0. The molecule has 0 saturated carbocycles. The second-order valence-corrected chi connectivity index (χ2v) is 5.48. The number of ether oxygens (including phenoxy) is 1. The summed E-state index contributed by atoms with van der Waals surface area (Å²) in [6, 6.07) is 8.87. The number of rotatable bonds is 5. The van der Waals surface area contributed by atoms with Crippen LogP contribution in [0.2, 0.25) is 0 Å². The number of hydrogen-bond acceptors (Lipinski definition) is 7. The van der Waals surface area contributed by atoms with Gasteiger partial charge in [0.15, 0.2) is 16.6 Å². The minimum absolute atomic E-state index is 0.220. The van der Waals surface area contributed by atoms with Gasteiger partial charge in [-0.15, -0.1) is 0 Å². The lowest BCUT2D eigenvalue weighted by molar-refractivity contribution is 0.0492. The summed E-state index contributed by atoms with van der Waals surface area (Å²) in [5, 5.41) is 0.582. The maximum Gasteiger partial charge on any atom is 0.338 e. The van der Waals surface area contributed by atoms with Gasteiger partial charge >= 0.3 is 5.97 Å². The van der Waals surface area contributed by atoms with Gasteiger partial charge in [0, 0.05) is 0 Å². The Kier molecular flexibility index (Phi) is 4.42. The highest BCUT2D eigenvalue weighted by Gasteiger charge is 2.12. The fourth-order valence-corrected chi connectivity index (χ4v) is 2.46. The Hall–Kier alpha value is -2.61. The molecule has 0 amide bonds. The lowest BCUT2D eigenvalue weighted by Gasteiger charge is -2.07. The maximum absolute atomic E-state index is 11.9. The van der Waals surface area contributed by atoms with Gasteiger partial charge in [0.1, 0.15) is 12.1 Å². The van der Waals surface area contributed by atoms with E-state index in [1.165, 1.54) is 11.8 Å². The number of carbonyl (C=O) groups excluding carboxylic acids is 1. The summed E-state index contributed by atoms with van der Waals surface area (Å²) in [6.45, 7) is 0.664. The summed E-state index contributed by atoms with van der Waals surface area (Å²) < 4.78 is 7.07. The van der Waals surface area contributed by atoms with Gasteiger partial charge in [-0.1, -0.05) is 30.0 Å². The number of imidazole rings is 1. The highest BCUT2D eigenvalue weighted by Crippen LogP contribution is 2.19. The third kappa shape index (κ3) is 3.26. The van der Waals surface area contributed by atoms with Gasteiger partial charge in [-0.3, -0.25) is 0 Å². The predicted octanol–water partition coefficient (Wildman–Crippen LogP) is 1.99. The van der Waals surface area contributed by atoms with E-state index >= 15 is 0 Å². The summed E-state index contributed by atoms with van der Waals surface area (Å²) in [4.78, 5) is 24.7. The monoisotopic (exact) mass is 329 g/mol. The number of nitrogen functional groups attached to an aromatic ring is 1. The Morgan fingerprint density at radius 3 is 2.83 bits per heavy atom. The maximum atomic E-state index is 11.9. The van der Waals surface area contributed by atoms with Crippen LogP contribution in [0.4, 0.5) is 5.82 Å². The Bertz CT molecular complexity index is 835. The number of anilines is 1. The number of nitrogens with zero attached hydrogens (tertiary/aromatic N) is 4. The molecule has 0 spiro atoms. The molecule has 0 saturated heterocycles. The first-order valence-corrected chi connectivity index (χ1v) is 8.16. The van der Waals surface area contributed by atoms with Gasteiger partial charge in [-0.05, 0) is 18.4 Å². The number of nitrogens with two attached hydrogens (primary N) is 1. The highest BCUT2D eigenvalue weighted by molar-refractivity contribution is 7.98. The minimum Gasteiger partial charge on any atom is -0.460 e. The Balaban J connectivity index is 1.70. The average molecular weight is 329 g/mol. The lowest BCUT2D eigenvalue weighted by Crippen LogP contribution is -2.11. The van der Waals surface area contributed by atoms with E-state index in [9.17, 15) is 4.79 Å². The molecule has 23 heavy (non-hydrogen) atoms. The third-order valence-electron chi connectivity index (χ3n) is 3.23. The van der Waals surface area contributed by atoms with Crippen LogP contribution in [-0.2, 0) is 11.3 Å². The quantitative estimate of drug-likeness (QED) is 0.434. The normalized spacial score (nSPS) is 10.8. The second kappa shape index (κ2) is 6.66. The number of hydrogen-bond donors (Lipinski definition) is 1. The van der Waals surface area contributed by atoms with Crippen LogP contribution < -0.4 is 5.73 Å². The molecule has 0 radical (unpaired) electrons. The van der Waals surface area contributed by atoms with E-state index in [1.54, 1.807) is 35.2 Å². The highest BCUT2D eigenvalue weighted by atomic mass is 32.2. The zero-order valence-corrected chi connectivity index (χ0v) is 13.3. The molecule has 0 fully saturated rings. The topological polar surface area (TPSA) is 95.9 Å².